The van der Waals surface area contributed by atoms with E-state index in [2.05, 4.69) is 101 Å². The molecule has 0 spiro atoms. The molecule has 0 bridgehead atoms. The molecule has 8 heteroatoms. The molecule has 0 atom stereocenters. The van der Waals surface area contributed by atoms with Gasteiger partial charge in [-0.05, 0) is 111 Å². The third-order valence-corrected chi connectivity index (χ3v) is 9.04. The summed E-state index contributed by atoms with van der Waals surface area (Å²) < 4.78 is 0. The lowest BCUT2D eigenvalue weighted by atomic mass is 9.86. The first-order valence-corrected chi connectivity index (χ1v) is 21.5. The number of para-hydroxylation sites is 1. The Morgan fingerprint density at radius 2 is 0.952 bits per heavy atom. The lowest BCUT2D eigenvalue weighted by Gasteiger charge is -2.19. The van der Waals surface area contributed by atoms with E-state index in [4.69, 9.17) is 0 Å². The number of hydrogen-bond acceptors (Lipinski definition) is 5. The van der Waals surface area contributed by atoms with Crippen LogP contribution in [-0.2, 0) is 22.0 Å². The number of hydrogen-bond donors (Lipinski definition) is 3. The minimum atomic E-state index is -0.0701. The molecule has 3 amide bonds. The third-order valence-electron chi connectivity index (χ3n) is 9.04. The minimum Gasteiger partial charge on any atom is -0.350 e. The van der Waals surface area contributed by atoms with Gasteiger partial charge in [0.25, 0.3) is 17.7 Å². The van der Waals surface area contributed by atoms with Crippen LogP contribution < -0.4 is 16.0 Å². The zero-order chi connectivity index (χ0) is 45.9. The molecule has 0 saturated carbocycles. The predicted octanol–water partition coefficient (Wildman–Crippen LogP) is 12.1. The quantitative estimate of drug-likeness (QED) is 0.129. The predicted molar refractivity (Wildman–Crippen MR) is 261 cm³/mol. The summed E-state index contributed by atoms with van der Waals surface area (Å²) in [4.78, 5) is 50.9. The van der Waals surface area contributed by atoms with Crippen LogP contribution in [-0.4, -0.2) is 46.6 Å². The molecule has 0 unspecified atom stereocenters. The molecule has 0 fully saturated rings. The summed E-state index contributed by atoms with van der Waals surface area (Å²) in [6.45, 7) is 28.9. The van der Waals surface area contributed by atoms with Crippen molar-refractivity contribution >= 4 is 34.4 Å². The van der Waals surface area contributed by atoms with E-state index in [9.17, 15) is 19.2 Å². The Hall–Kier alpha value is -5.63. The number of benzene rings is 4. The van der Waals surface area contributed by atoms with Gasteiger partial charge in [0, 0.05) is 53.7 Å². The number of rotatable bonds is 10. The number of Topliss-reactive ketones (excluding diaryl/α,β-unsaturated/α-hetero) is 1. The Balaban J connectivity index is 0.000000414. The average Bonchev–Trinajstić information content (AvgIpc) is 3.17. The molecular formula is C54H76N4O4. The van der Waals surface area contributed by atoms with Gasteiger partial charge < -0.3 is 16.0 Å². The number of fused-ring (bicyclic) bond motifs is 1. The molecule has 8 nitrogen and oxygen atoms in total. The Bertz CT molecular complexity index is 2100. The zero-order valence-corrected chi connectivity index (χ0v) is 39.3. The van der Waals surface area contributed by atoms with Crippen molar-refractivity contribution in [1.82, 2.24) is 20.9 Å². The second kappa shape index (κ2) is 26.0. The van der Waals surface area contributed by atoms with Crippen LogP contribution in [0, 0.1) is 5.92 Å². The molecule has 5 aromatic rings. The highest BCUT2D eigenvalue weighted by Gasteiger charge is 2.16. The molecule has 4 aromatic carbocycles. The van der Waals surface area contributed by atoms with Gasteiger partial charge in [0.15, 0.2) is 0 Å². The van der Waals surface area contributed by atoms with E-state index in [0.717, 1.165) is 22.0 Å². The van der Waals surface area contributed by atoms with Gasteiger partial charge in [-0.3, -0.25) is 24.2 Å². The van der Waals surface area contributed by atoms with Crippen LogP contribution in [0.5, 0.6) is 0 Å². The molecule has 0 aliphatic carbocycles. The number of carbonyl (C=O) groups is 4. The van der Waals surface area contributed by atoms with E-state index in [-0.39, 0.29) is 54.1 Å². The second-order valence-corrected chi connectivity index (χ2v) is 18.7. The molecule has 0 aliphatic heterocycles. The van der Waals surface area contributed by atoms with E-state index in [1.54, 1.807) is 24.4 Å². The maximum absolute atomic E-state index is 11.9. The Morgan fingerprint density at radius 1 is 0.516 bits per heavy atom. The number of nitrogens with zero attached hydrogens (tertiary/aromatic N) is 1. The van der Waals surface area contributed by atoms with E-state index in [1.807, 2.05) is 108 Å². The molecule has 0 aliphatic rings. The van der Waals surface area contributed by atoms with Gasteiger partial charge in [-0.2, -0.15) is 0 Å². The number of amides is 3. The van der Waals surface area contributed by atoms with Crippen molar-refractivity contribution in [3.63, 3.8) is 0 Å². The van der Waals surface area contributed by atoms with Crippen molar-refractivity contribution in [1.29, 1.82) is 0 Å². The van der Waals surface area contributed by atoms with Crippen molar-refractivity contribution in [2.24, 2.45) is 5.92 Å². The van der Waals surface area contributed by atoms with E-state index >= 15 is 0 Å². The van der Waals surface area contributed by atoms with Gasteiger partial charge >= 0.3 is 0 Å². The van der Waals surface area contributed by atoms with E-state index in [0.29, 0.717) is 35.7 Å². The SMILES string of the molecule is C.CC(C)CC(=O)Cc1ccc(C(C)(C)C)cc1.CC(C)NC(=O)c1ccc(C(C)(C)C)cc1.CC(C)NC(=O)c1cccc2cccnc12.CC(C)NC(=O)c1ccccc1. The van der Waals surface area contributed by atoms with Crippen LogP contribution in [0.3, 0.4) is 0 Å². The van der Waals surface area contributed by atoms with Gasteiger partial charge in [0.1, 0.15) is 5.78 Å². The van der Waals surface area contributed by atoms with Gasteiger partial charge in [0.2, 0.25) is 0 Å². The molecule has 62 heavy (non-hydrogen) atoms. The maximum atomic E-state index is 11.9. The first kappa shape index (κ1) is 54.4. The van der Waals surface area contributed by atoms with Crippen LogP contribution in [0.2, 0.25) is 0 Å². The number of ketones is 1. The second-order valence-electron chi connectivity index (χ2n) is 18.7. The topological polar surface area (TPSA) is 117 Å². The lowest BCUT2D eigenvalue weighted by molar-refractivity contribution is -0.119. The zero-order valence-electron chi connectivity index (χ0n) is 39.3. The Kier molecular flexibility index (Phi) is 22.8. The Labute approximate surface area is 374 Å². The summed E-state index contributed by atoms with van der Waals surface area (Å²) in [7, 11) is 0. The summed E-state index contributed by atoms with van der Waals surface area (Å²) in [5.74, 6) is 0.709. The number of carbonyl (C=O) groups excluding carboxylic acids is 4. The molecule has 3 N–H and O–H groups in total. The van der Waals surface area contributed by atoms with Crippen molar-refractivity contribution in [3.05, 3.63) is 149 Å². The number of pyridine rings is 1. The summed E-state index contributed by atoms with van der Waals surface area (Å²) in [5, 5.41) is 9.56. The molecule has 336 valence electrons. The Morgan fingerprint density at radius 3 is 1.40 bits per heavy atom. The molecule has 0 radical (unpaired) electrons. The van der Waals surface area contributed by atoms with Gasteiger partial charge in [-0.15, -0.1) is 0 Å². The average molecular weight is 845 g/mol. The van der Waals surface area contributed by atoms with Crippen LogP contribution in [0.4, 0.5) is 0 Å². The van der Waals surface area contributed by atoms with Crippen molar-refractivity contribution in [3.8, 4) is 0 Å². The van der Waals surface area contributed by atoms with Gasteiger partial charge in [0.05, 0.1) is 11.1 Å². The van der Waals surface area contributed by atoms with Crippen LogP contribution >= 0.6 is 0 Å². The normalized spacial score (nSPS) is 10.9. The van der Waals surface area contributed by atoms with Crippen molar-refractivity contribution in [2.75, 3.05) is 0 Å². The third kappa shape index (κ3) is 20.3. The minimum absolute atomic E-state index is 0. The molecular weight excluding hydrogens is 769 g/mol. The number of aromatic nitrogens is 1. The van der Waals surface area contributed by atoms with Gasteiger partial charge in [-0.1, -0.05) is 136 Å². The van der Waals surface area contributed by atoms with Crippen LogP contribution in [0.15, 0.2) is 115 Å². The lowest BCUT2D eigenvalue weighted by Crippen LogP contribution is -2.30. The van der Waals surface area contributed by atoms with E-state index in [1.165, 1.54) is 11.1 Å². The monoisotopic (exact) mass is 845 g/mol. The summed E-state index contributed by atoms with van der Waals surface area (Å²) in [6.07, 6.45) is 2.96. The molecule has 0 saturated heterocycles. The summed E-state index contributed by atoms with van der Waals surface area (Å²) in [5.41, 5.74) is 6.82. The first-order chi connectivity index (χ1) is 28.5. The molecule has 1 heterocycles. The largest absolute Gasteiger partial charge is 0.350 e. The fraction of sp³-hybridized carbons (Fsp3) is 0.426. The smallest absolute Gasteiger partial charge is 0.253 e. The molecule has 1 aromatic heterocycles. The maximum Gasteiger partial charge on any atom is 0.253 e. The standard InChI is InChI=1S/C16H24O.C14H21NO.C13H14N2O.C10H13NO.CH4/c1-12(2)10-15(17)11-13-6-8-14(9-7-13)16(3,4)5;1-10(2)15-13(16)11-6-8-12(9-7-11)14(3,4)5;1-9(2)15-13(16)11-7-3-5-10-6-4-8-14-12(10)11;1-8(2)11-10(12)9-6-4-3-5-7-9;/h6-9,12H,10-11H2,1-5H3;6-10H,1-5H3,(H,15,16);3-9H,1-2H3,(H,15,16);3-8H,1-2H3,(H,11,12);1H4. The van der Waals surface area contributed by atoms with Crippen LogP contribution in [0.1, 0.15) is 159 Å². The highest BCUT2D eigenvalue weighted by Crippen LogP contribution is 2.23. The summed E-state index contributed by atoms with van der Waals surface area (Å²) in [6, 6.07) is 35.4. The molecule has 5 rings (SSSR count). The number of nitrogens with one attached hydrogen (secondary N) is 3. The first-order valence-electron chi connectivity index (χ1n) is 21.5. The van der Waals surface area contributed by atoms with Gasteiger partial charge in [-0.25, -0.2) is 0 Å². The summed E-state index contributed by atoms with van der Waals surface area (Å²) >= 11 is 0. The highest BCUT2D eigenvalue weighted by atomic mass is 16.2. The highest BCUT2D eigenvalue weighted by molar-refractivity contribution is 6.05. The fourth-order valence-corrected chi connectivity index (χ4v) is 5.91. The van der Waals surface area contributed by atoms with Crippen molar-refractivity contribution in [2.45, 2.75) is 146 Å². The fourth-order valence-electron chi connectivity index (χ4n) is 5.91. The van der Waals surface area contributed by atoms with E-state index < -0.39 is 0 Å². The van der Waals surface area contributed by atoms with Crippen LogP contribution in [0.25, 0.3) is 10.9 Å². The van der Waals surface area contributed by atoms with Crippen molar-refractivity contribution < 1.29 is 19.2 Å².